The van der Waals surface area contributed by atoms with Crippen LogP contribution in [0.1, 0.15) is 30.1 Å². The van der Waals surface area contributed by atoms with Crippen LogP contribution in [0, 0.1) is 0 Å². The Morgan fingerprint density at radius 3 is 2.86 bits per heavy atom. The van der Waals surface area contributed by atoms with Gasteiger partial charge in [0.1, 0.15) is 0 Å². The molecule has 1 aliphatic rings. The summed E-state index contributed by atoms with van der Waals surface area (Å²) < 4.78 is 0. The molecule has 1 amide bonds. The van der Waals surface area contributed by atoms with Crippen LogP contribution < -0.4 is 5.32 Å². The van der Waals surface area contributed by atoms with Gasteiger partial charge >= 0.3 is 0 Å². The highest BCUT2D eigenvalue weighted by Gasteiger charge is 2.51. The fourth-order valence-electron chi connectivity index (χ4n) is 2.50. The Labute approximate surface area is 132 Å². The van der Waals surface area contributed by atoms with E-state index in [1.807, 2.05) is 35.0 Å². The number of halogens is 1. The van der Waals surface area contributed by atoms with Crippen molar-refractivity contribution in [2.45, 2.75) is 24.4 Å². The smallest absolute Gasteiger partial charge is 0.230 e. The number of hydrogen-bond acceptors (Lipinski definition) is 3. The third-order valence-corrected chi connectivity index (χ3v) is 4.88. The van der Waals surface area contributed by atoms with Crippen LogP contribution in [-0.2, 0) is 10.2 Å². The van der Waals surface area contributed by atoms with E-state index in [4.69, 9.17) is 11.6 Å². The van der Waals surface area contributed by atoms with Crippen molar-refractivity contribution in [1.29, 1.82) is 0 Å². The zero-order valence-electron chi connectivity index (χ0n) is 11.4. The van der Waals surface area contributed by atoms with E-state index in [0.717, 1.165) is 24.0 Å². The molecule has 0 radical (unpaired) electrons. The van der Waals surface area contributed by atoms with Crippen molar-refractivity contribution in [3.8, 4) is 0 Å². The highest BCUT2D eigenvalue weighted by atomic mass is 35.5. The van der Waals surface area contributed by atoms with Crippen molar-refractivity contribution in [2.75, 3.05) is 6.54 Å². The molecule has 110 valence electrons. The molecule has 0 aliphatic heterocycles. The van der Waals surface area contributed by atoms with Gasteiger partial charge in [-0.05, 0) is 52.9 Å². The molecule has 0 spiro atoms. The summed E-state index contributed by atoms with van der Waals surface area (Å²) in [5.74, 6) is -0.0287. The molecular formula is C16H16ClNO2S. The van der Waals surface area contributed by atoms with E-state index < -0.39 is 11.5 Å². The number of carbonyl (C=O) groups excluding carboxylic acids is 1. The quantitative estimate of drug-likeness (QED) is 0.888. The molecule has 1 aromatic carbocycles. The van der Waals surface area contributed by atoms with Gasteiger partial charge in [0.2, 0.25) is 5.91 Å². The third-order valence-electron chi connectivity index (χ3n) is 3.95. The lowest BCUT2D eigenvalue weighted by molar-refractivity contribution is -0.124. The maximum Gasteiger partial charge on any atom is 0.230 e. The largest absolute Gasteiger partial charge is 0.387 e. The summed E-state index contributed by atoms with van der Waals surface area (Å²) in [5, 5.41) is 17.3. The summed E-state index contributed by atoms with van der Waals surface area (Å²) in [6.07, 6.45) is 0.997. The monoisotopic (exact) mass is 321 g/mol. The Morgan fingerprint density at radius 1 is 1.43 bits per heavy atom. The van der Waals surface area contributed by atoms with Crippen molar-refractivity contribution in [2.24, 2.45) is 0 Å². The molecule has 2 aromatic rings. The molecule has 5 heteroatoms. The molecule has 2 N–H and O–H groups in total. The van der Waals surface area contributed by atoms with Crippen LogP contribution in [0.3, 0.4) is 0 Å². The molecule has 1 aliphatic carbocycles. The Kier molecular flexibility index (Phi) is 4.02. The minimum Gasteiger partial charge on any atom is -0.387 e. The van der Waals surface area contributed by atoms with Crippen LogP contribution in [0.15, 0.2) is 41.1 Å². The highest BCUT2D eigenvalue weighted by Crippen LogP contribution is 2.48. The van der Waals surface area contributed by atoms with Gasteiger partial charge in [-0.2, -0.15) is 11.3 Å². The lowest BCUT2D eigenvalue weighted by atomic mass is 9.95. The number of nitrogens with one attached hydrogen (secondary N) is 1. The lowest BCUT2D eigenvalue weighted by Gasteiger charge is -2.17. The van der Waals surface area contributed by atoms with Crippen LogP contribution in [0.5, 0.6) is 0 Å². The summed E-state index contributed by atoms with van der Waals surface area (Å²) in [6, 6.07) is 9.33. The maximum atomic E-state index is 12.5. The predicted octanol–water partition coefficient (Wildman–Crippen LogP) is 3.28. The number of aliphatic hydroxyl groups is 1. The second-order valence-corrected chi connectivity index (χ2v) is 6.59. The summed E-state index contributed by atoms with van der Waals surface area (Å²) >= 11 is 7.54. The summed E-state index contributed by atoms with van der Waals surface area (Å²) in [5.41, 5.74) is 1.34. The third kappa shape index (κ3) is 2.98. The molecule has 1 heterocycles. The van der Waals surface area contributed by atoms with Crippen molar-refractivity contribution in [1.82, 2.24) is 5.32 Å². The molecule has 0 bridgehead atoms. The van der Waals surface area contributed by atoms with Gasteiger partial charge < -0.3 is 10.4 Å². The number of aliphatic hydroxyl groups excluding tert-OH is 1. The highest BCUT2D eigenvalue weighted by molar-refractivity contribution is 7.07. The molecule has 3 nitrogen and oxygen atoms in total. The molecule has 3 rings (SSSR count). The minimum atomic E-state index is -0.657. The Morgan fingerprint density at radius 2 is 2.24 bits per heavy atom. The van der Waals surface area contributed by atoms with E-state index >= 15 is 0 Å². The van der Waals surface area contributed by atoms with Gasteiger partial charge in [-0.15, -0.1) is 0 Å². The van der Waals surface area contributed by atoms with Gasteiger partial charge in [0.25, 0.3) is 0 Å². The lowest BCUT2D eigenvalue weighted by Crippen LogP contribution is -2.37. The van der Waals surface area contributed by atoms with Gasteiger partial charge in [-0.25, -0.2) is 0 Å². The number of rotatable bonds is 5. The number of carbonyl (C=O) groups is 1. The summed E-state index contributed by atoms with van der Waals surface area (Å²) in [4.78, 5) is 12.5. The Bertz CT molecular complexity index is 637. The maximum absolute atomic E-state index is 12.5. The van der Waals surface area contributed by atoms with E-state index in [-0.39, 0.29) is 12.5 Å². The summed E-state index contributed by atoms with van der Waals surface area (Å²) in [7, 11) is 0. The van der Waals surface area contributed by atoms with Gasteiger partial charge in [-0.3, -0.25) is 4.79 Å². The predicted molar refractivity (Wildman–Crippen MR) is 84.7 cm³/mol. The van der Waals surface area contributed by atoms with Crippen LogP contribution in [0.4, 0.5) is 0 Å². The first-order valence-corrected chi connectivity index (χ1v) is 8.18. The molecular weight excluding hydrogens is 306 g/mol. The van der Waals surface area contributed by atoms with Gasteiger partial charge in [0.05, 0.1) is 11.5 Å². The first-order valence-electron chi connectivity index (χ1n) is 6.86. The normalized spacial score (nSPS) is 17.2. The molecule has 1 fully saturated rings. The Balaban J connectivity index is 1.65. The average Bonchev–Trinajstić information content (AvgIpc) is 3.12. The molecule has 1 aromatic heterocycles. The van der Waals surface area contributed by atoms with E-state index in [1.54, 1.807) is 6.07 Å². The fraction of sp³-hybridized carbons (Fsp3) is 0.312. The first kappa shape index (κ1) is 14.6. The van der Waals surface area contributed by atoms with Gasteiger partial charge in [0.15, 0.2) is 0 Å². The van der Waals surface area contributed by atoms with Crippen LogP contribution in [0.25, 0.3) is 0 Å². The topological polar surface area (TPSA) is 49.3 Å². The molecule has 1 atom stereocenters. The van der Waals surface area contributed by atoms with E-state index in [2.05, 4.69) is 5.32 Å². The van der Waals surface area contributed by atoms with E-state index in [0.29, 0.717) is 5.02 Å². The van der Waals surface area contributed by atoms with E-state index in [9.17, 15) is 9.90 Å². The van der Waals surface area contributed by atoms with Crippen molar-refractivity contribution < 1.29 is 9.90 Å². The number of benzene rings is 1. The number of hydrogen-bond donors (Lipinski definition) is 2. The van der Waals surface area contributed by atoms with Crippen molar-refractivity contribution in [3.63, 3.8) is 0 Å². The average molecular weight is 322 g/mol. The van der Waals surface area contributed by atoms with Crippen LogP contribution in [0.2, 0.25) is 5.02 Å². The molecule has 1 unspecified atom stereocenters. The van der Waals surface area contributed by atoms with Crippen LogP contribution in [-0.4, -0.2) is 17.6 Å². The van der Waals surface area contributed by atoms with Gasteiger partial charge in [-0.1, -0.05) is 23.7 Å². The zero-order valence-corrected chi connectivity index (χ0v) is 13.0. The minimum absolute atomic E-state index is 0.0287. The number of thiophene rings is 1. The zero-order chi connectivity index (χ0) is 14.9. The fourth-order valence-corrected chi connectivity index (χ4v) is 3.40. The summed E-state index contributed by atoms with van der Waals surface area (Å²) in [6.45, 7) is 0.234. The van der Waals surface area contributed by atoms with Gasteiger partial charge in [0, 0.05) is 11.6 Å². The second kappa shape index (κ2) is 5.79. The van der Waals surface area contributed by atoms with E-state index in [1.165, 1.54) is 11.3 Å². The molecule has 1 saturated carbocycles. The molecule has 21 heavy (non-hydrogen) atoms. The SMILES string of the molecule is O=C(NCC(O)c1ccsc1)C1(c2cccc(Cl)c2)CC1. The standard InChI is InChI=1S/C16H16ClNO2S/c17-13-3-1-2-12(8-13)16(5-6-16)15(20)18-9-14(19)11-4-7-21-10-11/h1-4,7-8,10,14,19H,5-6,9H2,(H,18,20). The van der Waals surface area contributed by atoms with Crippen molar-refractivity contribution >= 4 is 28.8 Å². The first-order chi connectivity index (χ1) is 10.1. The van der Waals surface area contributed by atoms with Crippen LogP contribution >= 0.6 is 22.9 Å². The second-order valence-electron chi connectivity index (χ2n) is 5.37. The Hall–Kier alpha value is -1.36. The molecule has 0 saturated heterocycles. The number of amides is 1. The van der Waals surface area contributed by atoms with Crippen molar-refractivity contribution in [3.05, 3.63) is 57.2 Å².